The quantitative estimate of drug-likeness (QED) is 0.620. The Morgan fingerprint density at radius 2 is 1.82 bits per heavy atom. The van der Waals surface area contributed by atoms with Crippen molar-refractivity contribution in [3.8, 4) is 11.5 Å². The van der Waals surface area contributed by atoms with Gasteiger partial charge in [-0.3, -0.25) is 4.79 Å². The van der Waals surface area contributed by atoms with Crippen LogP contribution in [0.1, 0.15) is 24.2 Å². The van der Waals surface area contributed by atoms with E-state index >= 15 is 0 Å². The molecule has 0 saturated heterocycles. The molecule has 0 aromatic heterocycles. The summed E-state index contributed by atoms with van der Waals surface area (Å²) in [6, 6.07) is 3.43. The molecule has 0 aliphatic heterocycles. The summed E-state index contributed by atoms with van der Waals surface area (Å²) in [5.41, 5.74) is -1.54. The van der Waals surface area contributed by atoms with E-state index in [1.165, 1.54) is 26.0 Å². The normalized spacial score (nSPS) is 10.9. The van der Waals surface area contributed by atoms with Crippen molar-refractivity contribution < 1.29 is 24.9 Å². The summed E-state index contributed by atoms with van der Waals surface area (Å²) in [4.78, 5) is 22.5. The SMILES string of the molecule is CC(C)(NC(=O)c1ccc(O)cc1O)C(=O)O. The molecule has 0 spiro atoms. The lowest BCUT2D eigenvalue weighted by Gasteiger charge is -2.21. The van der Waals surface area contributed by atoms with Crippen LogP contribution in [0.2, 0.25) is 0 Å². The van der Waals surface area contributed by atoms with E-state index < -0.39 is 23.2 Å². The van der Waals surface area contributed by atoms with Crippen molar-refractivity contribution in [2.24, 2.45) is 0 Å². The molecule has 6 heteroatoms. The minimum Gasteiger partial charge on any atom is -0.508 e. The molecule has 1 aromatic carbocycles. The van der Waals surface area contributed by atoms with Gasteiger partial charge >= 0.3 is 5.97 Å². The molecule has 0 aliphatic rings. The van der Waals surface area contributed by atoms with Crippen LogP contribution in [-0.2, 0) is 4.79 Å². The minimum absolute atomic E-state index is 0.0999. The number of aromatic hydroxyl groups is 2. The molecule has 1 aromatic rings. The number of carboxylic acids is 1. The van der Waals surface area contributed by atoms with Crippen LogP contribution in [0.3, 0.4) is 0 Å². The van der Waals surface area contributed by atoms with E-state index in [-0.39, 0.29) is 11.3 Å². The summed E-state index contributed by atoms with van der Waals surface area (Å²) < 4.78 is 0. The van der Waals surface area contributed by atoms with E-state index in [1.807, 2.05) is 0 Å². The maximum atomic E-state index is 11.7. The molecular weight excluding hydrogens is 226 g/mol. The molecule has 0 saturated carbocycles. The highest BCUT2D eigenvalue weighted by Crippen LogP contribution is 2.22. The molecule has 17 heavy (non-hydrogen) atoms. The van der Waals surface area contributed by atoms with Crippen molar-refractivity contribution in [3.63, 3.8) is 0 Å². The molecular formula is C11H13NO5. The second kappa shape index (κ2) is 4.32. The molecule has 0 atom stereocenters. The van der Waals surface area contributed by atoms with Gasteiger partial charge in [-0.2, -0.15) is 0 Å². The number of nitrogens with one attached hydrogen (secondary N) is 1. The summed E-state index contributed by atoms with van der Waals surface area (Å²) in [6.07, 6.45) is 0. The van der Waals surface area contributed by atoms with E-state index in [0.29, 0.717) is 0 Å². The maximum Gasteiger partial charge on any atom is 0.328 e. The van der Waals surface area contributed by atoms with Crippen molar-refractivity contribution in [3.05, 3.63) is 23.8 Å². The fourth-order valence-corrected chi connectivity index (χ4v) is 1.12. The summed E-state index contributed by atoms with van der Waals surface area (Å²) in [5.74, 6) is -2.51. The minimum atomic E-state index is -1.44. The Labute approximate surface area is 97.5 Å². The first-order valence-corrected chi connectivity index (χ1v) is 4.82. The van der Waals surface area contributed by atoms with Crippen LogP contribution in [0.5, 0.6) is 11.5 Å². The van der Waals surface area contributed by atoms with Gasteiger partial charge in [0.2, 0.25) is 0 Å². The average molecular weight is 239 g/mol. The van der Waals surface area contributed by atoms with Crippen LogP contribution in [0, 0.1) is 0 Å². The highest BCUT2D eigenvalue weighted by Gasteiger charge is 2.30. The number of phenolic OH excluding ortho intramolecular Hbond substituents is 2. The maximum absolute atomic E-state index is 11.7. The van der Waals surface area contributed by atoms with Crippen molar-refractivity contribution >= 4 is 11.9 Å². The third kappa shape index (κ3) is 2.87. The van der Waals surface area contributed by atoms with Gasteiger partial charge in [0, 0.05) is 6.07 Å². The van der Waals surface area contributed by atoms with E-state index in [0.717, 1.165) is 6.07 Å². The molecule has 4 N–H and O–H groups in total. The van der Waals surface area contributed by atoms with Crippen LogP contribution in [0.15, 0.2) is 18.2 Å². The Morgan fingerprint density at radius 3 is 2.29 bits per heavy atom. The molecule has 6 nitrogen and oxygen atoms in total. The monoisotopic (exact) mass is 239 g/mol. The Balaban J connectivity index is 2.95. The lowest BCUT2D eigenvalue weighted by molar-refractivity contribution is -0.143. The van der Waals surface area contributed by atoms with Crippen LogP contribution in [-0.4, -0.2) is 32.7 Å². The van der Waals surface area contributed by atoms with E-state index in [4.69, 9.17) is 10.2 Å². The average Bonchev–Trinajstić information content (AvgIpc) is 2.15. The van der Waals surface area contributed by atoms with E-state index in [1.54, 1.807) is 0 Å². The van der Waals surface area contributed by atoms with Crippen molar-refractivity contribution in [1.82, 2.24) is 5.32 Å². The fourth-order valence-electron chi connectivity index (χ4n) is 1.12. The van der Waals surface area contributed by atoms with E-state index in [2.05, 4.69) is 5.32 Å². The van der Waals surface area contributed by atoms with Gasteiger partial charge in [-0.05, 0) is 26.0 Å². The number of hydrogen-bond acceptors (Lipinski definition) is 4. The van der Waals surface area contributed by atoms with Crippen LogP contribution in [0.25, 0.3) is 0 Å². The van der Waals surface area contributed by atoms with Crippen LogP contribution >= 0.6 is 0 Å². The zero-order chi connectivity index (χ0) is 13.2. The highest BCUT2D eigenvalue weighted by molar-refractivity contribution is 5.99. The number of hydrogen-bond donors (Lipinski definition) is 4. The number of carbonyl (C=O) groups excluding carboxylic acids is 1. The first-order chi connectivity index (χ1) is 7.74. The third-order valence-electron chi connectivity index (χ3n) is 2.19. The van der Waals surface area contributed by atoms with Crippen molar-refractivity contribution in [2.75, 3.05) is 0 Å². The van der Waals surface area contributed by atoms with Crippen LogP contribution in [0.4, 0.5) is 0 Å². The zero-order valence-corrected chi connectivity index (χ0v) is 9.39. The Morgan fingerprint density at radius 1 is 1.24 bits per heavy atom. The van der Waals surface area contributed by atoms with Crippen molar-refractivity contribution in [2.45, 2.75) is 19.4 Å². The van der Waals surface area contributed by atoms with Gasteiger partial charge in [-0.25, -0.2) is 4.79 Å². The smallest absolute Gasteiger partial charge is 0.328 e. The molecule has 1 amide bonds. The number of carbonyl (C=O) groups is 2. The first kappa shape index (κ1) is 12.8. The van der Waals surface area contributed by atoms with Gasteiger partial charge in [0.15, 0.2) is 0 Å². The number of carboxylic acid groups (broad SMARTS) is 1. The Hall–Kier alpha value is -2.24. The van der Waals surface area contributed by atoms with Gasteiger partial charge in [0.1, 0.15) is 17.0 Å². The summed E-state index contributed by atoms with van der Waals surface area (Å²) >= 11 is 0. The molecule has 0 radical (unpaired) electrons. The summed E-state index contributed by atoms with van der Waals surface area (Å²) in [7, 11) is 0. The lowest BCUT2D eigenvalue weighted by Crippen LogP contribution is -2.49. The highest BCUT2D eigenvalue weighted by atomic mass is 16.4. The molecule has 92 valence electrons. The largest absolute Gasteiger partial charge is 0.508 e. The van der Waals surface area contributed by atoms with Gasteiger partial charge in [-0.1, -0.05) is 0 Å². The lowest BCUT2D eigenvalue weighted by atomic mass is 10.0. The van der Waals surface area contributed by atoms with Crippen LogP contribution < -0.4 is 5.32 Å². The van der Waals surface area contributed by atoms with Crippen molar-refractivity contribution in [1.29, 1.82) is 0 Å². The zero-order valence-electron chi connectivity index (χ0n) is 9.39. The Bertz CT molecular complexity index is 467. The second-order valence-corrected chi connectivity index (χ2v) is 4.09. The van der Waals surface area contributed by atoms with Gasteiger partial charge in [0.25, 0.3) is 5.91 Å². The molecule has 0 unspecified atom stereocenters. The molecule has 0 heterocycles. The summed E-state index contributed by atoms with van der Waals surface area (Å²) in [6.45, 7) is 2.65. The fraction of sp³-hybridized carbons (Fsp3) is 0.273. The molecule has 0 fully saturated rings. The predicted octanol–water partition coefficient (Wildman–Crippen LogP) is 0.691. The standard InChI is InChI=1S/C11H13NO5/c1-11(2,10(16)17)12-9(15)7-4-3-6(13)5-8(7)14/h3-5,13-14H,1-2H3,(H,12,15)(H,16,17). The topological polar surface area (TPSA) is 107 Å². The second-order valence-electron chi connectivity index (χ2n) is 4.09. The summed E-state index contributed by atoms with van der Waals surface area (Å²) in [5, 5.41) is 29.6. The Kier molecular flexibility index (Phi) is 3.26. The number of aliphatic carboxylic acids is 1. The number of phenols is 2. The first-order valence-electron chi connectivity index (χ1n) is 4.82. The molecule has 0 bridgehead atoms. The number of amides is 1. The molecule has 0 aliphatic carbocycles. The molecule has 1 rings (SSSR count). The number of benzene rings is 1. The van der Waals surface area contributed by atoms with Gasteiger partial charge in [-0.15, -0.1) is 0 Å². The van der Waals surface area contributed by atoms with Gasteiger partial charge in [0.05, 0.1) is 5.56 Å². The number of rotatable bonds is 3. The van der Waals surface area contributed by atoms with E-state index in [9.17, 15) is 14.7 Å². The third-order valence-corrected chi connectivity index (χ3v) is 2.19. The van der Waals surface area contributed by atoms with Gasteiger partial charge < -0.3 is 20.6 Å². The predicted molar refractivity (Wildman–Crippen MR) is 59.0 cm³/mol.